The Hall–Kier alpha value is -2.29. The molecule has 2 aromatic carbocycles. The van der Waals surface area contributed by atoms with Gasteiger partial charge in [0.25, 0.3) is 0 Å². The van der Waals surface area contributed by atoms with Crippen molar-refractivity contribution in [1.29, 1.82) is 0 Å². The first-order chi connectivity index (χ1) is 12.0. The molecular formula is C20H18F3NO. The van der Waals surface area contributed by atoms with Crippen LogP contribution in [0.3, 0.4) is 0 Å². The van der Waals surface area contributed by atoms with Crippen LogP contribution in [0.5, 0.6) is 0 Å². The third-order valence-electron chi connectivity index (χ3n) is 4.07. The highest BCUT2D eigenvalue weighted by molar-refractivity contribution is 5.37. The Bertz CT molecular complexity index is 744. The second-order valence-corrected chi connectivity index (χ2v) is 5.88. The van der Waals surface area contributed by atoms with Crippen LogP contribution in [0.25, 0.3) is 0 Å². The molecule has 5 heteroatoms. The number of hydrogen-bond acceptors (Lipinski definition) is 2. The molecular weight excluding hydrogens is 327 g/mol. The fourth-order valence-corrected chi connectivity index (χ4v) is 2.71. The van der Waals surface area contributed by atoms with E-state index in [1.165, 1.54) is 12.1 Å². The van der Waals surface area contributed by atoms with E-state index in [4.69, 9.17) is 4.74 Å². The van der Waals surface area contributed by atoms with Gasteiger partial charge in [0.15, 0.2) is 0 Å². The lowest BCUT2D eigenvalue weighted by atomic mass is 10.1. The van der Waals surface area contributed by atoms with Crippen LogP contribution in [-0.2, 0) is 10.9 Å². The summed E-state index contributed by atoms with van der Waals surface area (Å²) in [6.07, 6.45) is -4.28. The van der Waals surface area contributed by atoms with Gasteiger partial charge < -0.3 is 4.74 Å². The van der Waals surface area contributed by atoms with Crippen molar-refractivity contribution in [3.05, 3.63) is 71.3 Å². The van der Waals surface area contributed by atoms with Crippen LogP contribution >= 0.6 is 0 Å². The van der Waals surface area contributed by atoms with E-state index in [1.54, 1.807) is 0 Å². The van der Waals surface area contributed by atoms with Gasteiger partial charge in [-0.15, -0.1) is 0 Å². The molecule has 0 N–H and O–H groups in total. The van der Waals surface area contributed by atoms with Crippen molar-refractivity contribution in [1.82, 2.24) is 4.90 Å². The molecule has 1 saturated heterocycles. The van der Waals surface area contributed by atoms with E-state index in [-0.39, 0.29) is 6.10 Å². The highest BCUT2D eigenvalue weighted by Gasteiger charge is 2.29. The van der Waals surface area contributed by atoms with Gasteiger partial charge in [-0.05, 0) is 29.8 Å². The van der Waals surface area contributed by atoms with Gasteiger partial charge in [-0.2, -0.15) is 13.2 Å². The first-order valence-electron chi connectivity index (χ1n) is 8.07. The van der Waals surface area contributed by atoms with Crippen molar-refractivity contribution < 1.29 is 17.9 Å². The Morgan fingerprint density at radius 2 is 1.76 bits per heavy atom. The third-order valence-corrected chi connectivity index (χ3v) is 4.07. The quantitative estimate of drug-likeness (QED) is 0.759. The van der Waals surface area contributed by atoms with Crippen LogP contribution < -0.4 is 0 Å². The molecule has 1 unspecified atom stereocenters. The molecule has 1 aliphatic heterocycles. The summed E-state index contributed by atoms with van der Waals surface area (Å²) in [7, 11) is 0. The van der Waals surface area contributed by atoms with E-state index in [2.05, 4.69) is 16.7 Å². The molecule has 0 amide bonds. The molecule has 130 valence electrons. The summed E-state index contributed by atoms with van der Waals surface area (Å²) in [6.45, 7) is 2.76. The highest BCUT2D eigenvalue weighted by Crippen LogP contribution is 2.29. The minimum atomic E-state index is -4.31. The van der Waals surface area contributed by atoms with E-state index in [9.17, 15) is 13.2 Å². The molecule has 1 aliphatic rings. The van der Waals surface area contributed by atoms with Crippen LogP contribution in [0, 0.1) is 11.8 Å². The van der Waals surface area contributed by atoms with Crippen LogP contribution in [0.4, 0.5) is 13.2 Å². The number of rotatable bonds is 2. The Morgan fingerprint density at radius 3 is 2.44 bits per heavy atom. The Kier molecular flexibility index (Phi) is 5.42. The van der Waals surface area contributed by atoms with Gasteiger partial charge in [0.1, 0.15) is 0 Å². The average Bonchev–Trinajstić information content (AvgIpc) is 2.62. The number of nitrogens with zero attached hydrogens (tertiary/aromatic N) is 1. The Morgan fingerprint density at radius 1 is 1.04 bits per heavy atom. The predicted octanol–water partition coefficient (Wildman–Crippen LogP) is 4.13. The summed E-state index contributed by atoms with van der Waals surface area (Å²) in [4.78, 5) is 2.19. The van der Waals surface area contributed by atoms with Crippen LogP contribution in [0.2, 0.25) is 0 Å². The van der Waals surface area contributed by atoms with E-state index in [0.717, 1.165) is 30.8 Å². The minimum absolute atomic E-state index is 0.0304. The van der Waals surface area contributed by atoms with Crippen molar-refractivity contribution in [3.8, 4) is 11.8 Å². The Labute approximate surface area is 145 Å². The zero-order valence-corrected chi connectivity index (χ0v) is 13.6. The molecule has 2 nitrogen and oxygen atoms in total. The molecule has 0 aliphatic carbocycles. The van der Waals surface area contributed by atoms with Crippen LogP contribution in [-0.4, -0.2) is 31.1 Å². The lowest BCUT2D eigenvalue weighted by molar-refractivity contribution is -0.137. The zero-order chi connectivity index (χ0) is 17.7. The standard InChI is InChI=1S/C20H18F3NO/c21-20(22,23)18-10-8-16(9-11-18)5-4-12-24-13-14-25-19(15-24)17-6-2-1-3-7-17/h1-3,6-11,19H,12-15H2. The van der Waals surface area contributed by atoms with Crippen LogP contribution in [0.1, 0.15) is 22.8 Å². The van der Waals surface area contributed by atoms with Crippen molar-refractivity contribution in [2.45, 2.75) is 12.3 Å². The summed E-state index contributed by atoms with van der Waals surface area (Å²) < 4.78 is 43.4. The SMILES string of the molecule is FC(F)(F)c1ccc(C#CCN2CCOC(c3ccccc3)C2)cc1. The summed E-state index contributed by atoms with van der Waals surface area (Å²) in [5.74, 6) is 5.97. The largest absolute Gasteiger partial charge is 0.416 e. The maximum atomic E-state index is 12.5. The Balaban J connectivity index is 1.58. The molecule has 0 spiro atoms. The highest BCUT2D eigenvalue weighted by atomic mass is 19.4. The number of hydrogen-bond donors (Lipinski definition) is 0. The second-order valence-electron chi connectivity index (χ2n) is 5.88. The summed E-state index contributed by atoms with van der Waals surface area (Å²) >= 11 is 0. The molecule has 0 bridgehead atoms. The molecule has 0 saturated carbocycles. The molecule has 1 fully saturated rings. The number of morpholine rings is 1. The molecule has 1 heterocycles. The monoisotopic (exact) mass is 345 g/mol. The fourth-order valence-electron chi connectivity index (χ4n) is 2.71. The molecule has 0 radical (unpaired) electrons. The molecule has 3 rings (SSSR count). The van der Waals surface area contributed by atoms with Gasteiger partial charge in [0, 0.05) is 18.7 Å². The van der Waals surface area contributed by atoms with E-state index in [0.29, 0.717) is 18.7 Å². The summed E-state index contributed by atoms with van der Waals surface area (Å²) in [5.41, 5.74) is 1.07. The van der Waals surface area contributed by atoms with Crippen molar-refractivity contribution >= 4 is 0 Å². The lowest BCUT2D eigenvalue weighted by Gasteiger charge is -2.31. The summed E-state index contributed by atoms with van der Waals surface area (Å²) in [5, 5.41) is 0. The second kappa shape index (κ2) is 7.73. The molecule has 0 aromatic heterocycles. The van der Waals surface area contributed by atoms with Gasteiger partial charge in [0.05, 0.1) is 24.8 Å². The van der Waals surface area contributed by atoms with Gasteiger partial charge in [0.2, 0.25) is 0 Å². The molecule has 2 aromatic rings. The number of benzene rings is 2. The van der Waals surface area contributed by atoms with Gasteiger partial charge in [-0.1, -0.05) is 42.2 Å². The summed E-state index contributed by atoms with van der Waals surface area (Å²) in [6, 6.07) is 15.0. The minimum Gasteiger partial charge on any atom is -0.371 e. The average molecular weight is 345 g/mol. The number of alkyl halides is 3. The van der Waals surface area contributed by atoms with E-state index in [1.807, 2.05) is 30.3 Å². The smallest absolute Gasteiger partial charge is 0.371 e. The topological polar surface area (TPSA) is 12.5 Å². The van der Waals surface area contributed by atoms with Gasteiger partial charge >= 0.3 is 6.18 Å². The van der Waals surface area contributed by atoms with E-state index >= 15 is 0 Å². The van der Waals surface area contributed by atoms with E-state index < -0.39 is 11.7 Å². The molecule has 1 atom stereocenters. The van der Waals surface area contributed by atoms with Crippen molar-refractivity contribution in [3.63, 3.8) is 0 Å². The maximum Gasteiger partial charge on any atom is 0.416 e. The number of ether oxygens (including phenoxy) is 1. The first kappa shape index (κ1) is 17.5. The lowest BCUT2D eigenvalue weighted by Crippen LogP contribution is -2.38. The molecule has 25 heavy (non-hydrogen) atoms. The van der Waals surface area contributed by atoms with Gasteiger partial charge in [-0.3, -0.25) is 4.90 Å². The van der Waals surface area contributed by atoms with Crippen molar-refractivity contribution in [2.24, 2.45) is 0 Å². The number of halogens is 3. The zero-order valence-electron chi connectivity index (χ0n) is 13.6. The fraction of sp³-hybridized carbons (Fsp3) is 0.300. The normalized spacial score (nSPS) is 18.4. The predicted molar refractivity (Wildman–Crippen MR) is 89.9 cm³/mol. The first-order valence-corrected chi connectivity index (χ1v) is 8.07. The maximum absolute atomic E-state index is 12.5. The van der Waals surface area contributed by atoms with Gasteiger partial charge in [-0.25, -0.2) is 0 Å². The third kappa shape index (κ3) is 4.85. The van der Waals surface area contributed by atoms with Crippen molar-refractivity contribution in [2.75, 3.05) is 26.2 Å². The van der Waals surface area contributed by atoms with Crippen LogP contribution in [0.15, 0.2) is 54.6 Å².